The Morgan fingerprint density at radius 3 is 2.65 bits per heavy atom. The van der Waals surface area contributed by atoms with Gasteiger partial charge in [0, 0.05) is 6.42 Å². The normalized spacial score (nSPS) is 14.5. The molecule has 1 aliphatic carbocycles. The van der Waals surface area contributed by atoms with Gasteiger partial charge in [-0.15, -0.1) is 0 Å². The van der Waals surface area contributed by atoms with E-state index in [0.29, 0.717) is 30.4 Å². The highest BCUT2D eigenvalue weighted by atomic mass is 16.5. The predicted molar refractivity (Wildman–Crippen MR) is 90.5 cm³/mol. The maximum absolute atomic E-state index is 11.8. The molecule has 1 saturated carbocycles. The summed E-state index contributed by atoms with van der Waals surface area (Å²) < 4.78 is 10.7. The van der Waals surface area contributed by atoms with E-state index in [9.17, 15) is 4.79 Å². The summed E-state index contributed by atoms with van der Waals surface area (Å²) in [5, 5.41) is 2.86. The summed E-state index contributed by atoms with van der Waals surface area (Å²) in [6.45, 7) is 0.652. The van der Waals surface area contributed by atoms with Gasteiger partial charge < -0.3 is 14.8 Å². The molecule has 0 bridgehead atoms. The first-order valence-electron chi connectivity index (χ1n) is 8.28. The van der Waals surface area contributed by atoms with Gasteiger partial charge in [0.25, 0.3) is 0 Å². The zero-order valence-electron chi connectivity index (χ0n) is 13.8. The van der Waals surface area contributed by atoms with E-state index in [-0.39, 0.29) is 12.5 Å². The molecular formula is C19H25NO3. The van der Waals surface area contributed by atoms with Crippen LogP contribution in [0.4, 0.5) is 0 Å². The van der Waals surface area contributed by atoms with E-state index in [0.717, 1.165) is 0 Å². The van der Waals surface area contributed by atoms with Crippen LogP contribution in [0.1, 0.15) is 38.5 Å². The molecular weight excluding hydrogens is 290 g/mol. The van der Waals surface area contributed by atoms with Crippen LogP contribution < -0.4 is 14.8 Å². The Morgan fingerprint density at radius 1 is 1.17 bits per heavy atom. The third-order valence-corrected chi connectivity index (χ3v) is 4.07. The molecule has 124 valence electrons. The van der Waals surface area contributed by atoms with Crippen LogP contribution in [0, 0.1) is 17.8 Å². The maximum Gasteiger partial charge on any atom is 0.221 e. The fraction of sp³-hybridized carbons (Fsp3) is 0.526. The number of nitrogens with one attached hydrogen (secondary N) is 1. The number of rotatable bonds is 6. The molecule has 4 nitrogen and oxygen atoms in total. The molecule has 0 heterocycles. The van der Waals surface area contributed by atoms with Gasteiger partial charge in [-0.05, 0) is 30.9 Å². The Morgan fingerprint density at radius 2 is 1.91 bits per heavy atom. The molecule has 1 aromatic rings. The fourth-order valence-corrected chi connectivity index (χ4v) is 2.83. The topological polar surface area (TPSA) is 47.6 Å². The second-order valence-corrected chi connectivity index (χ2v) is 5.78. The highest BCUT2D eigenvalue weighted by Crippen LogP contribution is 2.26. The van der Waals surface area contributed by atoms with Crippen LogP contribution in [0.5, 0.6) is 11.5 Å². The number of carbonyl (C=O) groups is 1. The molecule has 4 heteroatoms. The molecule has 0 spiro atoms. The molecule has 0 aliphatic heterocycles. The Hall–Kier alpha value is -2.15. The number of carbonyl (C=O) groups excluding carboxylic acids is 1. The molecule has 0 radical (unpaired) electrons. The standard InChI is InChI=1S/C19H25NO3/c1-22-17-11-5-6-12-18(17)23-14-8-7-13-20-19(21)15-16-9-3-2-4-10-16/h5-6,11-12,16H,2-4,9-10,13-15H2,1H3,(H,20,21). The number of ether oxygens (including phenoxy) is 2. The van der Waals surface area contributed by atoms with Crippen molar-refractivity contribution in [2.75, 3.05) is 20.3 Å². The summed E-state index contributed by atoms with van der Waals surface area (Å²) in [5.74, 6) is 7.85. The van der Waals surface area contributed by atoms with E-state index in [1.807, 2.05) is 24.3 Å². The van der Waals surface area contributed by atoms with Crippen LogP contribution in [0.25, 0.3) is 0 Å². The van der Waals surface area contributed by atoms with Gasteiger partial charge in [0.2, 0.25) is 5.91 Å². The summed E-state index contributed by atoms with van der Waals surface area (Å²) in [5.41, 5.74) is 0. The van der Waals surface area contributed by atoms with Crippen molar-refractivity contribution >= 4 is 5.91 Å². The molecule has 1 N–H and O–H groups in total. The Balaban J connectivity index is 1.63. The smallest absolute Gasteiger partial charge is 0.221 e. The van der Waals surface area contributed by atoms with E-state index in [1.165, 1.54) is 32.1 Å². The second kappa shape index (κ2) is 9.78. The summed E-state index contributed by atoms with van der Waals surface area (Å²) in [6, 6.07) is 7.46. The number of amides is 1. The minimum atomic E-state index is 0.108. The lowest BCUT2D eigenvalue weighted by atomic mass is 9.87. The van der Waals surface area contributed by atoms with Gasteiger partial charge in [0.1, 0.15) is 6.61 Å². The van der Waals surface area contributed by atoms with Crippen molar-refractivity contribution in [2.45, 2.75) is 38.5 Å². The van der Waals surface area contributed by atoms with Gasteiger partial charge in [-0.3, -0.25) is 4.79 Å². The van der Waals surface area contributed by atoms with Gasteiger partial charge in [-0.1, -0.05) is 43.2 Å². The summed E-state index contributed by atoms with van der Waals surface area (Å²) in [6.07, 6.45) is 6.85. The van der Waals surface area contributed by atoms with Crippen molar-refractivity contribution in [1.82, 2.24) is 5.32 Å². The van der Waals surface area contributed by atoms with Gasteiger partial charge in [0.05, 0.1) is 13.7 Å². The Labute approximate surface area is 138 Å². The molecule has 0 atom stereocenters. The van der Waals surface area contributed by atoms with Crippen LogP contribution in [-0.4, -0.2) is 26.2 Å². The number of hydrogen-bond donors (Lipinski definition) is 1. The van der Waals surface area contributed by atoms with Crippen molar-refractivity contribution in [1.29, 1.82) is 0 Å². The van der Waals surface area contributed by atoms with Crippen LogP contribution in [-0.2, 0) is 4.79 Å². The number of hydrogen-bond acceptors (Lipinski definition) is 3. The maximum atomic E-state index is 11.8. The monoisotopic (exact) mass is 315 g/mol. The third-order valence-electron chi connectivity index (χ3n) is 4.07. The summed E-state index contributed by atoms with van der Waals surface area (Å²) in [4.78, 5) is 11.8. The molecule has 1 aliphatic rings. The molecule has 0 saturated heterocycles. The SMILES string of the molecule is COc1ccccc1OCC#CCNC(=O)CC1CCCCC1. The Kier molecular flexibility index (Phi) is 7.32. The molecule has 0 aromatic heterocycles. The van der Waals surface area contributed by atoms with E-state index in [4.69, 9.17) is 9.47 Å². The minimum Gasteiger partial charge on any atom is -0.493 e. The van der Waals surface area contributed by atoms with Crippen LogP contribution in [0.15, 0.2) is 24.3 Å². The highest BCUT2D eigenvalue weighted by molar-refractivity contribution is 5.76. The third kappa shape index (κ3) is 6.23. The molecule has 23 heavy (non-hydrogen) atoms. The van der Waals surface area contributed by atoms with Gasteiger partial charge in [-0.2, -0.15) is 0 Å². The molecule has 0 unspecified atom stereocenters. The lowest BCUT2D eigenvalue weighted by Crippen LogP contribution is -2.26. The fourth-order valence-electron chi connectivity index (χ4n) is 2.83. The number of benzene rings is 1. The van der Waals surface area contributed by atoms with Crippen molar-refractivity contribution in [3.05, 3.63) is 24.3 Å². The lowest BCUT2D eigenvalue weighted by molar-refractivity contribution is -0.122. The molecule has 2 rings (SSSR count). The van der Waals surface area contributed by atoms with Crippen molar-refractivity contribution in [3.8, 4) is 23.3 Å². The zero-order chi connectivity index (χ0) is 16.3. The average molecular weight is 315 g/mol. The average Bonchev–Trinajstić information content (AvgIpc) is 2.59. The van der Waals surface area contributed by atoms with E-state index in [2.05, 4.69) is 17.2 Å². The predicted octanol–water partition coefficient (Wildman–Crippen LogP) is 3.16. The lowest BCUT2D eigenvalue weighted by Gasteiger charge is -2.20. The zero-order valence-corrected chi connectivity index (χ0v) is 13.8. The minimum absolute atomic E-state index is 0.108. The summed E-state index contributed by atoms with van der Waals surface area (Å²) >= 11 is 0. The quantitative estimate of drug-likeness (QED) is 0.820. The van der Waals surface area contributed by atoms with Crippen molar-refractivity contribution in [2.24, 2.45) is 5.92 Å². The first-order chi connectivity index (χ1) is 11.3. The highest BCUT2D eigenvalue weighted by Gasteiger charge is 2.16. The van der Waals surface area contributed by atoms with Gasteiger partial charge in [0.15, 0.2) is 11.5 Å². The second-order valence-electron chi connectivity index (χ2n) is 5.78. The first kappa shape index (κ1) is 17.2. The van der Waals surface area contributed by atoms with E-state index >= 15 is 0 Å². The van der Waals surface area contributed by atoms with Crippen LogP contribution in [0.2, 0.25) is 0 Å². The first-order valence-corrected chi connectivity index (χ1v) is 8.28. The summed E-state index contributed by atoms with van der Waals surface area (Å²) in [7, 11) is 1.61. The van der Waals surface area contributed by atoms with Crippen LogP contribution in [0.3, 0.4) is 0 Å². The van der Waals surface area contributed by atoms with Crippen molar-refractivity contribution in [3.63, 3.8) is 0 Å². The Bertz CT molecular complexity index is 553. The molecule has 1 amide bonds. The number of para-hydroxylation sites is 2. The van der Waals surface area contributed by atoms with Gasteiger partial charge in [-0.25, -0.2) is 0 Å². The largest absolute Gasteiger partial charge is 0.493 e. The molecule has 1 aromatic carbocycles. The molecule has 1 fully saturated rings. The number of methoxy groups -OCH3 is 1. The van der Waals surface area contributed by atoms with Gasteiger partial charge >= 0.3 is 0 Å². The van der Waals surface area contributed by atoms with E-state index in [1.54, 1.807) is 7.11 Å². The van der Waals surface area contributed by atoms with Crippen LogP contribution >= 0.6 is 0 Å². The van der Waals surface area contributed by atoms with Crippen molar-refractivity contribution < 1.29 is 14.3 Å². The van der Waals surface area contributed by atoms with E-state index < -0.39 is 0 Å².